The molecule has 0 aliphatic heterocycles. The monoisotopic (exact) mass is 549 g/mol. The van der Waals surface area contributed by atoms with Crippen molar-refractivity contribution in [1.29, 1.82) is 0 Å². The van der Waals surface area contributed by atoms with E-state index in [1.54, 1.807) is 0 Å². The maximum atomic E-state index is 13.0. The zero-order chi connectivity index (χ0) is 28.5. The fraction of sp³-hybridized carbons (Fsp3) is 0.650. The summed E-state index contributed by atoms with van der Waals surface area (Å²) in [5.41, 5.74) is 16.4. The second kappa shape index (κ2) is 17.8. The molecule has 0 aromatic heterocycles. The van der Waals surface area contributed by atoms with Crippen LogP contribution in [0.25, 0.3) is 0 Å². The molecule has 0 rings (SSSR count). The van der Waals surface area contributed by atoms with Crippen molar-refractivity contribution < 1.29 is 44.1 Å². The minimum absolute atomic E-state index is 0.00136. The number of carbonyl (C=O) groups excluding carboxylic acids is 3. The second-order valence-electron chi connectivity index (χ2n) is 7.89. The van der Waals surface area contributed by atoms with E-state index in [4.69, 9.17) is 22.3 Å². The first-order valence-electron chi connectivity index (χ1n) is 11.2. The molecule has 12 N–H and O–H groups in total. The van der Waals surface area contributed by atoms with Crippen molar-refractivity contribution >= 4 is 53.4 Å². The second-order valence-corrected chi connectivity index (χ2v) is 8.87. The van der Waals surface area contributed by atoms with Crippen LogP contribution in [0.5, 0.6) is 0 Å². The third-order valence-electron chi connectivity index (χ3n) is 4.82. The van der Waals surface area contributed by atoms with E-state index in [1.807, 2.05) is 11.6 Å². The summed E-state index contributed by atoms with van der Waals surface area (Å²) in [5, 5.41) is 33.9. The van der Waals surface area contributed by atoms with Gasteiger partial charge in [-0.1, -0.05) is 0 Å². The molecule has 0 spiro atoms. The molecule has 0 aromatic rings. The van der Waals surface area contributed by atoms with Gasteiger partial charge in [0.25, 0.3) is 0 Å². The Morgan fingerprint density at radius 3 is 1.89 bits per heavy atom. The molecule has 0 aliphatic carbocycles. The van der Waals surface area contributed by atoms with E-state index in [-0.39, 0.29) is 25.3 Å². The van der Waals surface area contributed by atoms with Crippen LogP contribution in [0, 0.1) is 0 Å². The zero-order valence-electron chi connectivity index (χ0n) is 20.3. The van der Waals surface area contributed by atoms with Gasteiger partial charge in [-0.25, -0.2) is 4.79 Å². The van der Waals surface area contributed by atoms with Gasteiger partial charge >= 0.3 is 17.9 Å². The third-order valence-corrected chi connectivity index (χ3v) is 5.47. The Balaban J connectivity index is 5.61. The first kappa shape index (κ1) is 33.4. The van der Waals surface area contributed by atoms with Crippen LogP contribution in [-0.2, 0) is 28.8 Å². The van der Waals surface area contributed by atoms with Crippen LogP contribution in [0.4, 0.5) is 0 Å². The lowest BCUT2D eigenvalue weighted by Gasteiger charge is -2.24. The van der Waals surface area contributed by atoms with Crippen LogP contribution >= 0.6 is 11.8 Å². The Bertz CT molecular complexity index is 852. The van der Waals surface area contributed by atoms with Crippen molar-refractivity contribution in [2.75, 3.05) is 18.6 Å². The molecule has 4 unspecified atom stereocenters. The summed E-state index contributed by atoms with van der Waals surface area (Å²) in [6.07, 6.45) is 0.422. The van der Waals surface area contributed by atoms with E-state index in [9.17, 15) is 39.0 Å². The third kappa shape index (κ3) is 15.2. The highest BCUT2D eigenvalue weighted by Crippen LogP contribution is 2.06. The highest BCUT2D eigenvalue weighted by molar-refractivity contribution is 7.98. The first-order valence-corrected chi connectivity index (χ1v) is 12.5. The molecule has 0 radical (unpaired) electrons. The van der Waals surface area contributed by atoms with Gasteiger partial charge in [-0.15, -0.1) is 0 Å². The van der Waals surface area contributed by atoms with Gasteiger partial charge < -0.3 is 48.5 Å². The van der Waals surface area contributed by atoms with Crippen molar-refractivity contribution in [3.8, 4) is 0 Å². The quantitative estimate of drug-likeness (QED) is 0.0441. The number of nitrogens with two attached hydrogens (primary N) is 3. The van der Waals surface area contributed by atoms with Gasteiger partial charge in [0, 0.05) is 13.0 Å². The maximum absolute atomic E-state index is 13.0. The summed E-state index contributed by atoms with van der Waals surface area (Å²) in [4.78, 5) is 75.2. The average molecular weight is 550 g/mol. The minimum atomic E-state index is -1.72. The molecule has 0 heterocycles. The lowest BCUT2D eigenvalue weighted by atomic mass is 10.1. The van der Waals surface area contributed by atoms with Crippen molar-refractivity contribution in [1.82, 2.24) is 16.0 Å². The number of thioether (sulfide) groups is 1. The van der Waals surface area contributed by atoms with Gasteiger partial charge in [0.2, 0.25) is 17.7 Å². The topological polar surface area (TPSA) is 290 Å². The molecular weight excluding hydrogens is 514 g/mol. The SMILES string of the molecule is CSCCC(N)C(=O)NC(CCCN=C(N)N)C(=O)NC(CC(=O)O)C(=O)NC(CCC(=O)O)C(=O)O. The molecule has 17 heteroatoms. The van der Waals surface area contributed by atoms with E-state index in [2.05, 4.69) is 15.6 Å². The minimum Gasteiger partial charge on any atom is -0.481 e. The number of nitrogens with one attached hydrogen (secondary N) is 3. The van der Waals surface area contributed by atoms with Crippen LogP contribution in [0.15, 0.2) is 4.99 Å². The largest absolute Gasteiger partial charge is 0.481 e. The molecule has 4 atom stereocenters. The predicted molar refractivity (Wildman–Crippen MR) is 133 cm³/mol. The first-order chi connectivity index (χ1) is 17.3. The number of carbonyl (C=O) groups is 6. The number of hydrogen-bond acceptors (Lipinski definition) is 9. The van der Waals surface area contributed by atoms with E-state index < -0.39 is 79.1 Å². The lowest BCUT2D eigenvalue weighted by molar-refractivity contribution is -0.144. The zero-order valence-corrected chi connectivity index (χ0v) is 21.2. The fourth-order valence-corrected chi connectivity index (χ4v) is 3.37. The van der Waals surface area contributed by atoms with Crippen LogP contribution in [0.2, 0.25) is 0 Å². The van der Waals surface area contributed by atoms with E-state index in [1.165, 1.54) is 11.8 Å². The van der Waals surface area contributed by atoms with Crippen LogP contribution in [0.3, 0.4) is 0 Å². The average Bonchev–Trinajstić information content (AvgIpc) is 2.80. The molecule has 3 amide bonds. The molecule has 210 valence electrons. The molecule has 37 heavy (non-hydrogen) atoms. The summed E-state index contributed by atoms with van der Waals surface area (Å²) < 4.78 is 0. The number of nitrogens with zero attached hydrogens (tertiary/aromatic N) is 1. The number of aliphatic imine (C=N–C) groups is 1. The Hall–Kier alpha value is -3.60. The summed E-state index contributed by atoms with van der Waals surface area (Å²) in [7, 11) is 0. The fourth-order valence-electron chi connectivity index (χ4n) is 2.88. The summed E-state index contributed by atoms with van der Waals surface area (Å²) in [6, 6.07) is -5.53. The van der Waals surface area contributed by atoms with Gasteiger partial charge in [0.05, 0.1) is 12.5 Å². The molecule has 0 saturated carbocycles. The standard InChI is InChI=1S/C20H35N7O9S/c1-37-8-6-10(21)16(32)25-11(3-2-7-24-20(22)23)17(33)27-13(9-15(30)31)18(34)26-12(19(35)36)4-5-14(28)29/h10-13H,2-9,21H2,1H3,(H,25,32)(H,26,34)(H,27,33)(H,28,29)(H,30,31)(H,35,36)(H4,22,23,24). The van der Waals surface area contributed by atoms with Gasteiger partial charge in [0.1, 0.15) is 18.1 Å². The number of rotatable bonds is 19. The Morgan fingerprint density at radius 1 is 0.811 bits per heavy atom. The molecule has 0 fully saturated rings. The number of guanidine groups is 1. The highest BCUT2D eigenvalue weighted by Gasteiger charge is 2.31. The summed E-state index contributed by atoms with van der Waals surface area (Å²) in [5.74, 6) is -6.64. The van der Waals surface area contributed by atoms with E-state index >= 15 is 0 Å². The summed E-state index contributed by atoms with van der Waals surface area (Å²) in [6.45, 7) is 0.115. The Labute approximate surface area is 217 Å². The molecule has 16 nitrogen and oxygen atoms in total. The number of hydrogen-bond donors (Lipinski definition) is 9. The Kier molecular flexibility index (Phi) is 16.0. The molecule has 0 aliphatic rings. The summed E-state index contributed by atoms with van der Waals surface area (Å²) >= 11 is 1.47. The lowest BCUT2D eigenvalue weighted by Crippen LogP contribution is -2.57. The van der Waals surface area contributed by atoms with Crippen molar-refractivity contribution in [2.45, 2.75) is 62.7 Å². The predicted octanol–water partition coefficient (Wildman–Crippen LogP) is -3.00. The van der Waals surface area contributed by atoms with Gasteiger partial charge in [0.15, 0.2) is 5.96 Å². The van der Waals surface area contributed by atoms with Crippen LogP contribution < -0.4 is 33.2 Å². The van der Waals surface area contributed by atoms with Gasteiger partial charge in [-0.3, -0.25) is 29.0 Å². The van der Waals surface area contributed by atoms with Gasteiger partial charge in [-0.05, 0) is 37.7 Å². The number of aliphatic carboxylic acids is 3. The molecule has 0 bridgehead atoms. The smallest absolute Gasteiger partial charge is 0.326 e. The van der Waals surface area contributed by atoms with Crippen molar-refractivity contribution in [3.05, 3.63) is 0 Å². The number of carboxylic acid groups (broad SMARTS) is 3. The molecule has 0 aromatic carbocycles. The normalized spacial score (nSPS) is 13.8. The van der Waals surface area contributed by atoms with E-state index in [0.717, 1.165) is 0 Å². The molecule has 0 saturated heterocycles. The maximum Gasteiger partial charge on any atom is 0.326 e. The van der Waals surface area contributed by atoms with Crippen molar-refractivity contribution in [2.24, 2.45) is 22.2 Å². The van der Waals surface area contributed by atoms with Crippen LogP contribution in [-0.4, -0.2) is 99.6 Å². The number of amides is 3. The Morgan fingerprint density at radius 2 is 1.38 bits per heavy atom. The van der Waals surface area contributed by atoms with Crippen molar-refractivity contribution in [3.63, 3.8) is 0 Å². The number of carboxylic acids is 3. The van der Waals surface area contributed by atoms with Gasteiger partial charge in [-0.2, -0.15) is 11.8 Å². The van der Waals surface area contributed by atoms with Crippen LogP contribution in [0.1, 0.15) is 38.5 Å². The molecular formula is C20H35N7O9S. The highest BCUT2D eigenvalue weighted by atomic mass is 32.2. The van der Waals surface area contributed by atoms with E-state index in [0.29, 0.717) is 12.2 Å².